The summed E-state index contributed by atoms with van der Waals surface area (Å²) in [6.45, 7) is 9.41. The lowest BCUT2D eigenvalue weighted by molar-refractivity contribution is 0.0829. The Hall–Kier alpha value is -1.75. The maximum absolute atomic E-state index is 6.16. The third kappa shape index (κ3) is 5.18. The van der Waals surface area contributed by atoms with Crippen LogP contribution in [0.5, 0.6) is 5.75 Å². The number of methoxy groups -OCH3 is 1. The van der Waals surface area contributed by atoms with Crippen molar-refractivity contribution in [3.8, 4) is 5.75 Å². The summed E-state index contributed by atoms with van der Waals surface area (Å²) < 4.78 is 5.58. The molecule has 3 fully saturated rings. The molecule has 4 nitrogen and oxygen atoms in total. The highest BCUT2D eigenvalue weighted by atomic mass is 35.5. The first-order valence-electron chi connectivity index (χ1n) is 12.7. The molecule has 5 rings (SSSR count). The van der Waals surface area contributed by atoms with Crippen LogP contribution in [0.1, 0.15) is 37.7 Å². The molecule has 0 aromatic heterocycles. The number of para-hydroxylation sites is 2. The average molecular weight is 468 g/mol. The van der Waals surface area contributed by atoms with E-state index in [2.05, 4.69) is 57.2 Å². The van der Waals surface area contributed by atoms with E-state index in [1.165, 1.54) is 69.5 Å². The van der Waals surface area contributed by atoms with Gasteiger partial charge in [0.2, 0.25) is 0 Å². The molecule has 1 aliphatic carbocycles. The van der Waals surface area contributed by atoms with Gasteiger partial charge in [-0.2, -0.15) is 0 Å². The van der Waals surface area contributed by atoms with Crippen LogP contribution in [0, 0.1) is 5.92 Å². The first-order valence-corrected chi connectivity index (χ1v) is 13.1. The van der Waals surface area contributed by atoms with Gasteiger partial charge in [0.25, 0.3) is 0 Å². The van der Waals surface area contributed by atoms with E-state index in [0.29, 0.717) is 5.41 Å². The molecule has 2 aromatic rings. The summed E-state index contributed by atoms with van der Waals surface area (Å²) in [4.78, 5) is 7.94. The molecular formula is C28H38ClN3O. The van der Waals surface area contributed by atoms with E-state index in [4.69, 9.17) is 16.3 Å². The van der Waals surface area contributed by atoms with Gasteiger partial charge in [-0.3, -0.25) is 4.90 Å². The highest BCUT2D eigenvalue weighted by Crippen LogP contribution is 2.45. The van der Waals surface area contributed by atoms with Crippen LogP contribution in [-0.4, -0.2) is 69.3 Å². The fraction of sp³-hybridized carbons (Fsp3) is 0.571. The van der Waals surface area contributed by atoms with Crippen molar-refractivity contribution in [2.75, 3.05) is 64.4 Å². The summed E-state index contributed by atoms with van der Waals surface area (Å²) in [6, 6.07) is 17.1. The van der Waals surface area contributed by atoms with Gasteiger partial charge in [0, 0.05) is 56.3 Å². The van der Waals surface area contributed by atoms with Crippen LogP contribution < -0.4 is 9.64 Å². The normalized spacial score (nSPS) is 23.8. The van der Waals surface area contributed by atoms with E-state index in [-0.39, 0.29) is 0 Å². The number of benzene rings is 2. The fourth-order valence-electron chi connectivity index (χ4n) is 6.24. The summed E-state index contributed by atoms with van der Waals surface area (Å²) in [5, 5.41) is 0.845. The molecule has 178 valence electrons. The highest BCUT2D eigenvalue weighted by Gasteiger charge is 2.40. The zero-order valence-electron chi connectivity index (χ0n) is 20.0. The SMILES string of the molecule is COc1ccccc1N1CCN(CC2CCCN(CC3(c4ccc(Cl)cc4)CCC3)C2)CC1. The van der Waals surface area contributed by atoms with Gasteiger partial charge in [-0.05, 0) is 68.0 Å². The maximum atomic E-state index is 6.16. The molecule has 0 N–H and O–H groups in total. The van der Waals surface area contributed by atoms with Crippen LogP contribution in [0.2, 0.25) is 5.02 Å². The molecule has 1 atom stereocenters. The zero-order valence-corrected chi connectivity index (χ0v) is 20.8. The summed E-state index contributed by atoms with van der Waals surface area (Å²) in [5.74, 6) is 1.78. The molecule has 0 radical (unpaired) electrons. The molecule has 5 heteroatoms. The Kier molecular flexibility index (Phi) is 7.15. The Morgan fingerprint density at radius 1 is 0.909 bits per heavy atom. The van der Waals surface area contributed by atoms with E-state index in [1.807, 2.05) is 6.07 Å². The summed E-state index contributed by atoms with van der Waals surface area (Å²) >= 11 is 6.16. The first-order chi connectivity index (χ1) is 16.1. The van der Waals surface area contributed by atoms with E-state index in [9.17, 15) is 0 Å². The molecule has 0 bridgehead atoms. The zero-order chi connectivity index (χ0) is 22.7. The second-order valence-electron chi connectivity index (χ2n) is 10.3. The Labute approximate surface area is 204 Å². The van der Waals surface area contributed by atoms with Crippen molar-refractivity contribution in [1.82, 2.24) is 9.80 Å². The molecule has 2 aromatic carbocycles. The molecule has 1 unspecified atom stereocenters. The highest BCUT2D eigenvalue weighted by molar-refractivity contribution is 6.30. The Morgan fingerprint density at radius 3 is 2.36 bits per heavy atom. The lowest BCUT2D eigenvalue weighted by Gasteiger charge is -2.48. The third-order valence-electron chi connectivity index (χ3n) is 8.21. The van der Waals surface area contributed by atoms with Gasteiger partial charge in [0.05, 0.1) is 12.8 Å². The standard InChI is InChI=1S/C28H38ClN3O/c1-33-27-8-3-2-7-26(27)32-18-16-30(17-19-32)20-23-6-4-15-31(21-23)22-28(13-5-14-28)24-9-11-25(29)12-10-24/h2-3,7-12,23H,4-6,13-22H2,1H3. The number of hydrogen-bond donors (Lipinski definition) is 0. The van der Waals surface area contributed by atoms with Crippen molar-refractivity contribution < 1.29 is 4.74 Å². The fourth-order valence-corrected chi connectivity index (χ4v) is 6.37. The molecule has 3 aliphatic rings. The van der Waals surface area contributed by atoms with Crippen LogP contribution in [0.4, 0.5) is 5.69 Å². The third-order valence-corrected chi connectivity index (χ3v) is 8.46. The van der Waals surface area contributed by atoms with Crippen molar-refractivity contribution in [2.24, 2.45) is 5.92 Å². The van der Waals surface area contributed by atoms with Crippen LogP contribution in [0.15, 0.2) is 48.5 Å². The van der Waals surface area contributed by atoms with Gasteiger partial charge >= 0.3 is 0 Å². The van der Waals surface area contributed by atoms with Crippen molar-refractivity contribution in [3.63, 3.8) is 0 Å². The Balaban J connectivity index is 1.14. The van der Waals surface area contributed by atoms with E-state index in [1.54, 1.807) is 7.11 Å². The molecule has 33 heavy (non-hydrogen) atoms. The van der Waals surface area contributed by atoms with Crippen LogP contribution in [0.25, 0.3) is 0 Å². The minimum atomic E-state index is 0.354. The number of halogens is 1. The van der Waals surface area contributed by atoms with E-state index in [0.717, 1.165) is 42.9 Å². The molecule has 2 aliphatic heterocycles. The monoisotopic (exact) mass is 467 g/mol. The number of piperazine rings is 1. The van der Waals surface area contributed by atoms with Crippen molar-refractivity contribution in [3.05, 3.63) is 59.1 Å². The minimum absolute atomic E-state index is 0.354. The second kappa shape index (κ2) is 10.2. The van der Waals surface area contributed by atoms with Crippen molar-refractivity contribution in [1.29, 1.82) is 0 Å². The Morgan fingerprint density at radius 2 is 1.67 bits per heavy atom. The minimum Gasteiger partial charge on any atom is -0.495 e. The number of anilines is 1. The maximum Gasteiger partial charge on any atom is 0.142 e. The van der Waals surface area contributed by atoms with Crippen molar-refractivity contribution in [2.45, 2.75) is 37.5 Å². The van der Waals surface area contributed by atoms with Crippen LogP contribution in [0.3, 0.4) is 0 Å². The van der Waals surface area contributed by atoms with Gasteiger partial charge in [0.1, 0.15) is 5.75 Å². The Bertz CT molecular complexity index is 906. The van der Waals surface area contributed by atoms with Gasteiger partial charge < -0.3 is 14.5 Å². The van der Waals surface area contributed by atoms with E-state index >= 15 is 0 Å². The molecular weight excluding hydrogens is 430 g/mol. The molecule has 0 amide bonds. The van der Waals surface area contributed by atoms with Crippen LogP contribution >= 0.6 is 11.6 Å². The van der Waals surface area contributed by atoms with Crippen molar-refractivity contribution >= 4 is 17.3 Å². The van der Waals surface area contributed by atoms with Crippen LogP contribution in [-0.2, 0) is 5.41 Å². The summed E-state index contributed by atoms with van der Waals surface area (Å²) in [6.07, 6.45) is 6.71. The summed E-state index contributed by atoms with van der Waals surface area (Å²) in [5.41, 5.74) is 3.08. The number of likely N-dealkylation sites (tertiary alicyclic amines) is 1. The molecule has 0 spiro atoms. The first kappa shape index (κ1) is 23.0. The van der Waals surface area contributed by atoms with Gasteiger partial charge in [-0.1, -0.05) is 42.3 Å². The number of rotatable bonds is 7. The lowest BCUT2D eigenvalue weighted by atomic mass is 9.64. The quantitative estimate of drug-likeness (QED) is 0.549. The predicted molar refractivity (Wildman–Crippen MR) is 138 cm³/mol. The molecule has 1 saturated carbocycles. The topological polar surface area (TPSA) is 19.0 Å². The van der Waals surface area contributed by atoms with Gasteiger partial charge in [-0.25, -0.2) is 0 Å². The number of ether oxygens (including phenoxy) is 1. The molecule has 2 saturated heterocycles. The van der Waals surface area contributed by atoms with E-state index < -0.39 is 0 Å². The molecule has 2 heterocycles. The second-order valence-corrected chi connectivity index (χ2v) is 10.8. The van der Waals surface area contributed by atoms with Gasteiger partial charge in [0.15, 0.2) is 0 Å². The number of piperidine rings is 1. The number of hydrogen-bond acceptors (Lipinski definition) is 4. The summed E-state index contributed by atoms with van der Waals surface area (Å²) in [7, 11) is 1.77. The smallest absolute Gasteiger partial charge is 0.142 e. The predicted octanol–water partition coefficient (Wildman–Crippen LogP) is 5.30. The average Bonchev–Trinajstić information content (AvgIpc) is 2.83. The largest absolute Gasteiger partial charge is 0.495 e. The van der Waals surface area contributed by atoms with Gasteiger partial charge in [-0.15, -0.1) is 0 Å². The lowest BCUT2D eigenvalue weighted by Crippen LogP contribution is -2.52. The number of nitrogens with zero attached hydrogens (tertiary/aromatic N) is 3.